The summed E-state index contributed by atoms with van der Waals surface area (Å²) in [5.41, 5.74) is 0.992. The number of ether oxygens (including phenoxy) is 2. The normalized spacial score (nSPS) is 11.8. The van der Waals surface area contributed by atoms with Gasteiger partial charge in [0.2, 0.25) is 0 Å². The molecule has 4 heteroatoms. The third kappa shape index (κ3) is 7.88. The van der Waals surface area contributed by atoms with Gasteiger partial charge in [0, 0.05) is 11.1 Å². The summed E-state index contributed by atoms with van der Waals surface area (Å²) >= 11 is 0. The fourth-order valence-corrected chi connectivity index (χ4v) is 2.28. The van der Waals surface area contributed by atoms with Crippen LogP contribution in [-0.4, -0.2) is 26.2 Å². The molecule has 0 spiro atoms. The van der Waals surface area contributed by atoms with E-state index in [4.69, 9.17) is 9.47 Å². The van der Waals surface area contributed by atoms with E-state index in [1.807, 2.05) is 0 Å². The molecule has 0 bridgehead atoms. The van der Waals surface area contributed by atoms with Crippen LogP contribution >= 0.6 is 0 Å². The van der Waals surface area contributed by atoms with Crippen LogP contribution in [0.15, 0.2) is 11.1 Å². The van der Waals surface area contributed by atoms with Crippen molar-refractivity contribution in [1.82, 2.24) is 0 Å². The van der Waals surface area contributed by atoms with Gasteiger partial charge in [-0.05, 0) is 25.7 Å². The van der Waals surface area contributed by atoms with Crippen molar-refractivity contribution in [2.45, 2.75) is 71.6 Å². The molecule has 21 heavy (non-hydrogen) atoms. The minimum Gasteiger partial charge on any atom is -0.466 e. The summed E-state index contributed by atoms with van der Waals surface area (Å²) in [6.07, 6.45) is 8.38. The first-order valence-corrected chi connectivity index (χ1v) is 8.00. The second-order valence-corrected chi connectivity index (χ2v) is 5.21. The number of methoxy groups -OCH3 is 2. The van der Waals surface area contributed by atoms with Crippen molar-refractivity contribution in [2.75, 3.05) is 14.2 Å². The van der Waals surface area contributed by atoms with Crippen molar-refractivity contribution in [1.29, 1.82) is 0 Å². The third-order valence-electron chi connectivity index (χ3n) is 3.54. The molecule has 122 valence electrons. The molecule has 0 rings (SSSR count). The van der Waals surface area contributed by atoms with Gasteiger partial charge in [-0.2, -0.15) is 0 Å². The molecule has 0 aromatic rings. The second kappa shape index (κ2) is 12.4. The highest BCUT2D eigenvalue weighted by Crippen LogP contribution is 2.21. The summed E-state index contributed by atoms with van der Waals surface area (Å²) in [5, 5.41) is 0. The molecular weight excluding hydrogens is 268 g/mol. The highest BCUT2D eigenvalue weighted by atomic mass is 16.5. The van der Waals surface area contributed by atoms with Crippen LogP contribution in [0.2, 0.25) is 0 Å². The van der Waals surface area contributed by atoms with Crippen molar-refractivity contribution in [3.8, 4) is 0 Å². The van der Waals surface area contributed by atoms with Crippen molar-refractivity contribution in [3.63, 3.8) is 0 Å². The summed E-state index contributed by atoms with van der Waals surface area (Å²) in [7, 11) is 2.71. The van der Waals surface area contributed by atoms with E-state index in [0.717, 1.165) is 44.9 Å². The first-order valence-electron chi connectivity index (χ1n) is 8.00. The smallest absolute Gasteiger partial charge is 0.334 e. The van der Waals surface area contributed by atoms with Crippen LogP contribution in [0.1, 0.15) is 71.6 Å². The van der Waals surface area contributed by atoms with Crippen molar-refractivity contribution >= 4 is 11.9 Å². The van der Waals surface area contributed by atoms with Gasteiger partial charge in [-0.3, -0.25) is 0 Å². The van der Waals surface area contributed by atoms with Crippen LogP contribution < -0.4 is 0 Å². The standard InChI is InChI=1S/C17H30O4/c1-5-7-9-11-13-15(17(19)21-4)14(16(18)20-3)12-10-8-6-2/h5-13H2,1-4H3. The number of hydrogen-bond acceptors (Lipinski definition) is 4. The van der Waals surface area contributed by atoms with Crippen LogP contribution in [0, 0.1) is 0 Å². The Balaban J connectivity index is 5.06. The molecule has 0 aliphatic rings. The van der Waals surface area contributed by atoms with Crippen LogP contribution in [0.5, 0.6) is 0 Å². The maximum absolute atomic E-state index is 12.0. The zero-order chi connectivity index (χ0) is 16.1. The molecule has 0 amide bonds. The van der Waals surface area contributed by atoms with E-state index in [2.05, 4.69) is 13.8 Å². The quantitative estimate of drug-likeness (QED) is 0.326. The summed E-state index contributed by atoms with van der Waals surface area (Å²) < 4.78 is 9.69. The molecule has 0 radical (unpaired) electrons. The molecule has 0 saturated heterocycles. The maximum Gasteiger partial charge on any atom is 0.334 e. The predicted octanol–water partition coefficient (Wildman–Crippen LogP) is 4.18. The molecule has 0 atom stereocenters. The fourth-order valence-electron chi connectivity index (χ4n) is 2.28. The number of esters is 2. The largest absolute Gasteiger partial charge is 0.466 e. The van der Waals surface area contributed by atoms with E-state index in [1.54, 1.807) is 0 Å². The van der Waals surface area contributed by atoms with Gasteiger partial charge in [0.25, 0.3) is 0 Å². The first kappa shape index (κ1) is 19.7. The van der Waals surface area contributed by atoms with Gasteiger partial charge in [-0.1, -0.05) is 46.0 Å². The van der Waals surface area contributed by atoms with Crippen molar-refractivity contribution in [3.05, 3.63) is 11.1 Å². The van der Waals surface area contributed by atoms with Gasteiger partial charge < -0.3 is 9.47 Å². The van der Waals surface area contributed by atoms with Gasteiger partial charge in [-0.25, -0.2) is 9.59 Å². The lowest BCUT2D eigenvalue weighted by Crippen LogP contribution is -2.15. The van der Waals surface area contributed by atoms with E-state index in [1.165, 1.54) is 14.2 Å². The van der Waals surface area contributed by atoms with E-state index in [0.29, 0.717) is 24.0 Å². The van der Waals surface area contributed by atoms with Crippen molar-refractivity contribution < 1.29 is 19.1 Å². The minimum absolute atomic E-state index is 0.400. The lowest BCUT2D eigenvalue weighted by atomic mass is 9.97. The van der Waals surface area contributed by atoms with E-state index >= 15 is 0 Å². The Morgan fingerprint density at radius 1 is 0.667 bits per heavy atom. The molecule has 0 saturated carbocycles. The highest BCUT2D eigenvalue weighted by Gasteiger charge is 2.21. The summed E-state index contributed by atoms with van der Waals surface area (Å²) in [4.78, 5) is 24.0. The van der Waals surface area contributed by atoms with Crippen LogP contribution in [0.3, 0.4) is 0 Å². The monoisotopic (exact) mass is 298 g/mol. The molecule has 0 aromatic heterocycles. The van der Waals surface area contributed by atoms with Gasteiger partial charge >= 0.3 is 11.9 Å². The topological polar surface area (TPSA) is 52.6 Å². The minimum atomic E-state index is -0.401. The van der Waals surface area contributed by atoms with Crippen LogP contribution in [0.4, 0.5) is 0 Å². The fraction of sp³-hybridized carbons (Fsp3) is 0.765. The lowest BCUT2D eigenvalue weighted by molar-refractivity contribution is -0.139. The average molecular weight is 298 g/mol. The molecule has 0 unspecified atom stereocenters. The van der Waals surface area contributed by atoms with Gasteiger partial charge in [0.15, 0.2) is 0 Å². The van der Waals surface area contributed by atoms with Crippen LogP contribution in [0.25, 0.3) is 0 Å². The molecular formula is C17H30O4. The van der Waals surface area contributed by atoms with Gasteiger partial charge in [0.05, 0.1) is 14.2 Å². The molecule has 0 fully saturated rings. The second-order valence-electron chi connectivity index (χ2n) is 5.21. The third-order valence-corrected chi connectivity index (χ3v) is 3.54. The Morgan fingerprint density at radius 2 is 1.05 bits per heavy atom. The molecule has 0 aliphatic carbocycles. The number of unbranched alkanes of at least 4 members (excludes halogenated alkanes) is 5. The molecule has 0 N–H and O–H groups in total. The Labute approximate surface area is 128 Å². The molecule has 0 heterocycles. The molecule has 4 nitrogen and oxygen atoms in total. The highest BCUT2D eigenvalue weighted by molar-refractivity contribution is 6.00. The Hall–Kier alpha value is -1.32. The van der Waals surface area contributed by atoms with Crippen LogP contribution in [-0.2, 0) is 19.1 Å². The maximum atomic E-state index is 12.0. The van der Waals surface area contributed by atoms with Crippen molar-refractivity contribution in [2.24, 2.45) is 0 Å². The summed E-state index contributed by atoms with van der Waals surface area (Å²) in [6, 6.07) is 0. The lowest BCUT2D eigenvalue weighted by Gasteiger charge is -2.12. The van der Waals surface area contributed by atoms with Gasteiger partial charge in [0.1, 0.15) is 0 Å². The Kier molecular flexibility index (Phi) is 11.6. The number of carbonyl (C=O) groups excluding carboxylic acids is 2. The van der Waals surface area contributed by atoms with E-state index < -0.39 is 11.9 Å². The van der Waals surface area contributed by atoms with E-state index in [9.17, 15) is 9.59 Å². The number of carbonyl (C=O) groups is 2. The van der Waals surface area contributed by atoms with E-state index in [-0.39, 0.29) is 0 Å². The summed E-state index contributed by atoms with van der Waals surface area (Å²) in [6.45, 7) is 4.25. The number of hydrogen-bond donors (Lipinski definition) is 0. The summed E-state index contributed by atoms with van der Waals surface area (Å²) in [5.74, 6) is -0.801. The zero-order valence-electron chi connectivity index (χ0n) is 14.0. The Morgan fingerprint density at radius 3 is 1.43 bits per heavy atom. The first-order chi connectivity index (χ1) is 10.1. The SMILES string of the molecule is CCCCCCC(C(=O)OC)=C(CCCCC)C(=O)OC. The van der Waals surface area contributed by atoms with Gasteiger partial charge in [-0.15, -0.1) is 0 Å². The zero-order valence-corrected chi connectivity index (χ0v) is 14.0. The molecule has 0 aliphatic heterocycles. The Bertz CT molecular complexity index is 345. The average Bonchev–Trinajstić information content (AvgIpc) is 2.51. The predicted molar refractivity (Wildman–Crippen MR) is 84.0 cm³/mol. The molecule has 0 aromatic carbocycles. The number of rotatable bonds is 11.